The molecular formula is C22H24N2O6. The zero-order valence-corrected chi connectivity index (χ0v) is 16.2. The van der Waals surface area contributed by atoms with Gasteiger partial charge in [0.25, 0.3) is 0 Å². The Morgan fingerprint density at radius 3 is 1.50 bits per heavy atom. The van der Waals surface area contributed by atoms with Crippen LogP contribution in [0.1, 0.15) is 34.3 Å². The van der Waals surface area contributed by atoms with Gasteiger partial charge in [0.15, 0.2) is 12.2 Å². The zero-order valence-electron chi connectivity index (χ0n) is 16.2. The Hall–Kier alpha value is -2.78. The summed E-state index contributed by atoms with van der Waals surface area (Å²) in [6.45, 7) is 0. The second-order valence-electron chi connectivity index (χ2n) is 7.70. The molecule has 0 amide bonds. The third-order valence-corrected chi connectivity index (χ3v) is 5.79. The van der Waals surface area contributed by atoms with Crippen LogP contribution in [-0.2, 0) is 31.9 Å². The van der Waals surface area contributed by atoms with Crippen LogP contribution in [0.2, 0.25) is 0 Å². The Morgan fingerprint density at radius 2 is 1.13 bits per heavy atom. The minimum atomic E-state index is -2.09. The summed E-state index contributed by atoms with van der Waals surface area (Å²) >= 11 is 0. The molecule has 8 heteroatoms. The van der Waals surface area contributed by atoms with Gasteiger partial charge in [-0.3, -0.25) is 0 Å². The molecule has 4 rings (SSSR count). The second kappa shape index (κ2) is 8.16. The Balaban J connectivity index is 1.34. The van der Waals surface area contributed by atoms with Crippen molar-refractivity contribution in [3.8, 4) is 0 Å². The van der Waals surface area contributed by atoms with Crippen LogP contribution in [0.5, 0.6) is 0 Å². The van der Waals surface area contributed by atoms with E-state index in [0.29, 0.717) is 12.8 Å². The molecule has 0 fully saturated rings. The van der Waals surface area contributed by atoms with Crippen molar-refractivity contribution in [3.05, 3.63) is 70.8 Å². The maximum absolute atomic E-state index is 12.3. The summed E-state index contributed by atoms with van der Waals surface area (Å²) in [4.78, 5) is 24.6. The van der Waals surface area contributed by atoms with E-state index in [0.717, 1.165) is 22.3 Å². The van der Waals surface area contributed by atoms with Crippen molar-refractivity contribution in [2.24, 2.45) is 11.5 Å². The molecule has 2 aliphatic rings. The zero-order chi connectivity index (χ0) is 21.4. The van der Waals surface area contributed by atoms with Crippen LogP contribution in [0.4, 0.5) is 0 Å². The molecule has 8 nitrogen and oxygen atoms in total. The van der Waals surface area contributed by atoms with Crippen molar-refractivity contribution in [1.82, 2.24) is 0 Å². The van der Waals surface area contributed by atoms with Gasteiger partial charge in [0.2, 0.25) is 0 Å². The van der Waals surface area contributed by atoms with Crippen LogP contribution < -0.4 is 11.5 Å². The van der Waals surface area contributed by atoms with E-state index in [9.17, 15) is 19.8 Å². The van der Waals surface area contributed by atoms with E-state index in [2.05, 4.69) is 0 Å². The van der Waals surface area contributed by atoms with Crippen LogP contribution in [0.25, 0.3) is 0 Å². The average Bonchev–Trinajstić information content (AvgIpc) is 3.24. The first-order chi connectivity index (χ1) is 14.4. The number of benzene rings is 2. The molecule has 2 aromatic rings. The quantitative estimate of drug-likeness (QED) is 0.504. The third kappa shape index (κ3) is 3.70. The predicted molar refractivity (Wildman–Crippen MR) is 106 cm³/mol. The molecule has 0 aliphatic heterocycles. The van der Waals surface area contributed by atoms with E-state index >= 15 is 0 Å². The summed E-state index contributed by atoms with van der Waals surface area (Å²) in [5.41, 5.74) is 15.9. The van der Waals surface area contributed by atoms with Gasteiger partial charge in [-0.15, -0.1) is 0 Å². The van der Waals surface area contributed by atoms with Crippen LogP contribution in [0.3, 0.4) is 0 Å². The number of nitrogens with two attached hydrogens (primary N) is 2. The number of hydrogen-bond acceptors (Lipinski definition) is 8. The van der Waals surface area contributed by atoms with Gasteiger partial charge < -0.3 is 31.2 Å². The number of carbonyl (C=O) groups is 2. The van der Waals surface area contributed by atoms with Gasteiger partial charge in [0.1, 0.15) is 12.2 Å². The largest absolute Gasteiger partial charge is 0.458 e. The molecule has 0 saturated heterocycles. The molecule has 6 atom stereocenters. The van der Waals surface area contributed by atoms with Crippen LogP contribution in [0, 0.1) is 0 Å². The molecule has 0 saturated carbocycles. The van der Waals surface area contributed by atoms with E-state index < -0.39 is 48.4 Å². The fourth-order valence-electron chi connectivity index (χ4n) is 4.10. The van der Waals surface area contributed by atoms with Crippen molar-refractivity contribution in [3.63, 3.8) is 0 Å². The Morgan fingerprint density at radius 1 is 0.767 bits per heavy atom. The van der Waals surface area contributed by atoms with E-state index in [4.69, 9.17) is 20.9 Å². The number of hydrogen-bond donors (Lipinski definition) is 4. The van der Waals surface area contributed by atoms with Gasteiger partial charge in [-0.05, 0) is 22.3 Å². The lowest BCUT2D eigenvalue weighted by Gasteiger charge is -2.23. The molecule has 2 aliphatic carbocycles. The van der Waals surface area contributed by atoms with Crippen molar-refractivity contribution in [1.29, 1.82) is 0 Å². The fourth-order valence-corrected chi connectivity index (χ4v) is 4.10. The van der Waals surface area contributed by atoms with E-state index in [1.165, 1.54) is 0 Å². The van der Waals surface area contributed by atoms with Crippen LogP contribution in [0.15, 0.2) is 48.5 Å². The summed E-state index contributed by atoms with van der Waals surface area (Å²) in [6.07, 6.45) is -4.77. The summed E-state index contributed by atoms with van der Waals surface area (Å²) < 4.78 is 10.5. The number of aliphatic hydroxyl groups excluding tert-OH is 2. The first-order valence-corrected chi connectivity index (χ1v) is 9.80. The smallest absolute Gasteiger partial charge is 0.338 e. The second-order valence-corrected chi connectivity index (χ2v) is 7.70. The number of carbonyl (C=O) groups excluding carboxylic acids is 2. The molecule has 6 unspecified atom stereocenters. The first kappa shape index (κ1) is 20.5. The molecule has 0 radical (unpaired) electrons. The lowest BCUT2D eigenvalue weighted by Crippen LogP contribution is -2.45. The lowest BCUT2D eigenvalue weighted by atomic mass is 10.1. The molecule has 0 bridgehead atoms. The summed E-state index contributed by atoms with van der Waals surface area (Å²) in [5, 5.41) is 20.3. The molecule has 0 aromatic heterocycles. The molecule has 30 heavy (non-hydrogen) atoms. The molecule has 6 N–H and O–H groups in total. The highest BCUT2D eigenvalue weighted by Crippen LogP contribution is 2.33. The number of esters is 2. The number of rotatable bonds is 5. The molecule has 158 valence electrons. The molecule has 2 aromatic carbocycles. The highest BCUT2D eigenvalue weighted by molar-refractivity contribution is 5.85. The lowest BCUT2D eigenvalue weighted by molar-refractivity contribution is -0.179. The van der Waals surface area contributed by atoms with Crippen molar-refractivity contribution >= 4 is 11.9 Å². The maximum Gasteiger partial charge on any atom is 0.338 e. The van der Waals surface area contributed by atoms with Crippen molar-refractivity contribution in [2.75, 3.05) is 0 Å². The standard InChI is InChI=1S/C22H24N2O6/c23-17-13-7-3-1-5-11(13)9-15(17)29-21(27)19(25)20(26)22(28)30-16-10-12-6-2-4-8-14(12)18(16)24/h1-8,15-20,25-26H,9-10,23-24H2. The average molecular weight is 412 g/mol. The highest BCUT2D eigenvalue weighted by Gasteiger charge is 2.40. The molecule has 0 spiro atoms. The van der Waals surface area contributed by atoms with Gasteiger partial charge in [0.05, 0.1) is 12.1 Å². The van der Waals surface area contributed by atoms with Crippen molar-refractivity contribution in [2.45, 2.75) is 49.3 Å². The topological polar surface area (TPSA) is 145 Å². The minimum Gasteiger partial charge on any atom is -0.458 e. The molecule has 0 heterocycles. The monoisotopic (exact) mass is 412 g/mol. The number of ether oxygens (including phenoxy) is 2. The Kier molecular flexibility index (Phi) is 5.57. The minimum absolute atomic E-state index is 0.394. The first-order valence-electron chi connectivity index (χ1n) is 9.80. The van der Waals surface area contributed by atoms with Crippen LogP contribution >= 0.6 is 0 Å². The van der Waals surface area contributed by atoms with E-state index in [-0.39, 0.29) is 0 Å². The maximum atomic E-state index is 12.3. The van der Waals surface area contributed by atoms with Crippen LogP contribution in [-0.4, -0.2) is 46.6 Å². The van der Waals surface area contributed by atoms with E-state index in [1.807, 2.05) is 48.5 Å². The normalized spacial score (nSPS) is 26.4. The summed E-state index contributed by atoms with van der Waals surface area (Å²) in [5.74, 6) is -2.27. The predicted octanol–water partition coefficient (Wildman–Crippen LogP) is 0.0440. The Labute approximate surface area is 173 Å². The van der Waals surface area contributed by atoms with Gasteiger partial charge in [-0.25, -0.2) is 9.59 Å². The van der Waals surface area contributed by atoms with Crippen molar-refractivity contribution < 1.29 is 29.3 Å². The summed E-state index contributed by atoms with van der Waals surface area (Å²) in [7, 11) is 0. The van der Waals surface area contributed by atoms with E-state index in [1.54, 1.807) is 0 Å². The van der Waals surface area contributed by atoms with Gasteiger partial charge in [-0.1, -0.05) is 48.5 Å². The number of fused-ring (bicyclic) bond motifs is 2. The Bertz CT molecular complexity index is 887. The SMILES string of the molecule is NC1c2ccccc2CC1OC(=O)C(O)C(O)C(=O)OC1Cc2ccccc2C1N. The number of aliphatic hydroxyl groups is 2. The van der Waals surface area contributed by atoms with Gasteiger partial charge in [0, 0.05) is 12.8 Å². The molecular weight excluding hydrogens is 388 g/mol. The third-order valence-electron chi connectivity index (χ3n) is 5.79. The van der Waals surface area contributed by atoms with Gasteiger partial charge >= 0.3 is 11.9 Å². The highest BCUT2D eigenvalue weighted by atomic mass is 16.6. The summed E-state index contributed by atoms with van der Waals surface area (Å²) in [6, 6.07) is 13.8. The fraction of sp³-hybridized carbons (Fsp3) is 0.364. The van der Waals surface area contributed by atoms with Gasteiger partial charge in [-0.2, -0.15) is 0 Å².